The summed E-state index contributed by atoms with van der Waals surface area (Å²) in [5, 5.41) is 3.10. The van der Waals surface area contributed by atoms with Crippen molar-refractivity contribution in [2.24, 2.45) is 5.73 Å². The maximum Gasteiger partial charge on any atom is 0.343 e. The number of carbonyl (C=O) groups excluding carboxylic acids is 2. The van der Waals surface area contributed by atoms with Gasteiger partial charge in [-0.15, -0.1) is 0 Å². The molecule has 1 aromatic heterocycles. The number of nitrogens with zero attached hydrogens (tertiary/aromatic N) is 2. The van der Waals surface area contributed by atoms with Gasteiger partial charge in [-0.2, -0.15) is 0 Å². The summed E-state index contributed by atoms with van der Waals surface area (Å²) < 4.78 is 5.03. The van der Waals surface area contributed by atoms with Crippen LogP contribution in [0, 0.1) is 0 Å². The Kier molecular flexibility index (Phi) is 5.83. The number of carbonyl (C=O) groups is 2. The van der Waals surface area contributed by atoms with E-state index in [9.17, 15) is 9.59 Å². The summed E-state index contributed by atoms with van der Waals surface area (Å²) in [5.74, 6) is 0.149. The van der Waals surface area contributed by atoms with Crippen LogP contribution in [0.1, 0.15) is 35.6 Å². The van der Waals surface area contributed by atoms with Gasteiger partial charge in [0.05, 0.1) is 13.0 Å². The van der Waals surface area contributed by atoms with Gasteiger partial charge in [0.15, 0.2) is 0 Å². The van der Waals surface area contributed by atoms with Gasteiger partial charge in [0.25, 0.3) is 0 Å². The third-order valence-electron chi connectivity index (χ3n) is 3.25. The van der Waals surface area contributed by atoms with Crippen molar-refractivity contribution in [1.82, 2.24) is 9.97 Å². The molecule has 3 N–H and O–H groups in total. The summed E-state index contributed by atoms with van der Waals surface area (Å²) in [6.45, 7) is 3.95. The number of anilines is 2. The molecule has 2 rings (SSSR count). The van der Waals surface area contributed by atoms with E-state index in [0.717, 1.165) is 11.3 Å². The summed E-state index contributed by atoms with van der Waals surface area (Å²) in [5.41, 5.74) is 7.00. The smallest absolute Gasteiger partial charge is 0.343 e. The summed E-state index contributed by atoms with van der Waals surface area (Å²) in [7, 11) is 0. The molecule has 126 valence electrons. The lowest BCUT2D eigenvalue weighted by molar-refractivity contribution is -0.117. The van der Waals surface area contributed by atoms with Crippen LogP contribution >= 0.6 is 0 Å². The van der Waals surface area contributed by atoms with E-state index >= 15 is 0 Å². The second kappa shape index (κ2) is 8.05. The first-order chi connectivity index (χ1) is 11.5. The monoisotopic (exact) mass is 328 g/mol. The number of benzene rings is 1. The molecule has 0 radical (unpaired) electrons. The van der Waals surface area contributed by atoms with Crippen LogP contribution in [0.5, 0.6) is 0 Å². The standard InChI is InChI=1S/C17H20N4O3/c1-3-15-19-10-13(17(23)24-4-2)16(21-15)20-12-7-5-11(6-8-12)9-14(18)22/h5-8,10H,3-4,9H2,1-2H3,(H2,18,22)(H,19,20,21). The van der Waals surface area contributed by atoms with E-state index in [2.05, 4.69) is 15.3 Å². The van der Waals surface area contributed by atoms with Gasteiger partial charge in [0, 0.05) is 18.3 Å². The highest BCUT2D eigenvalue weighted by molar-refractivity contribution is 5.95. The highest BCUT2D eigenvalue weighted by Gasteiger charge is 2.16. The first kappa shape index (κ1) is 17.4. The molecular formula is C17H20N4O3. The van der Waals surface area contributed by atoms with Crippen molar-refractivity contribution in [3.8, 4) is 0 Å². The van der Waals surface area contributed by atoms with Gasteiger partial charge in [-0.25, -0.2) is 14.8 Å². The number of hydrogen-bond donors (Lipinski definition) is 2. The SMILES string of the molecule is CCOC(=O)c1cnc(CC)nc1Nc1ccc(CC(N)=O)cc1. The number of rotatable bonds is 7. The zero-order chi connectivity index (χ0) is 17.5. The zero-order valence-electron chi connectivity index (χ0n) is 13.7. The number of nitrogens with two attached hydrogens (primary N) is 1. The third kappa shape index (κ3) is 4.52. The molecule has 0 atom stereocenters. The fourth-order valence-corrected chi connectivity index (χ4v) is 2.09. The first-order valence-electron chi connectivity index (χ1n) is 7.70. The number of primary amides is 1. The van der Waals surface area contributed by atoms with Crippen molar-refractivity contribution in [2.45, 2.75) is 26.7 Å². The normalized spacial score (nSPS) is 10.2. The Morgan fingerprint density at radius 2 is 1.92 bits per heavy atom. The maximum atomic E-state index is 12.0. The minimum Gasteiger partial charge on any atom is -0.462 e. The van der Waals surface area contributed by atoms with E-state index in [-0.39, 0.29) is 24.5 Å². The second-order valence-corrected chi connectivity index (χ2v) is 5.09. The lowest BCUT2D eigenvalue weighted by Crippen LogP contribution is -2.13. The molecule has 0 spiro atoms. The molecule has 1 heterocycles. The molecule has 7 nitrogen and oxygen atoms in total. The van der Waals surface area contributed by atoms with Crippen LogP contribution < -0.4 is 11.1 Å². The molecule has 1 aromatic carbocycles. The maximum absolute atomic E-state index is 12.0. The van der Waals surface area contributed by atoms with Gasteiger partial charge < -0.3 is 15.8 Å². The fraction of sp³-hybridized carbons (Fsp3) is 0.294. The predicted molar refractivity (Wildman–Crippen MR) is 90.0 cm³/mol. The van der Waals surface area contributed by atoms with Gasteiger partial charge in [-0.05, 0) is 24.6 Å². The Morgan fingerprint density at radius 1 is 1.21 bits per heavy atom. The molecule has 0 aliphatic heterocycles. The van der Waals surface area contributed by atoms with Crippen LogP contribution in [-0.2, 0) is 22.4 Å². The second-order valence-electron chi connectivity index (χ2n) is 5.09. The van der Waals surface area contributed by atoms with Crippen molar-refractivity contribution >= 4 is 23.4 Å². The lowest BCUT2D eigenvalue weighted by atomic mass is 10.1. The number of amides is 1. The zero-order valence-corrected chi connectivity index (χ0v) is 13.7. The average Bonchev–Trinajstić information content (AvgIpc) is 2.56. The number of nitrogens with one attached hydrogen (secondary N) is 1. The molecule has 0 unspecified atom stereocenters. The minimum absolute atomic E-state index is 0.182. The molecule has 0 saturated carbocycles. The van der Waals surface area contributed by atoms with Gasteiger partial charge >= 0.3 is 5.97 Å². The topological polar surface area (TPSA) is 107 Å². The van der Waals surface area contributed by atoms with Crippen LogP contribution in [0.25, 0.3) is 0 Å². The van der Waals surface area contributed by atoms with E-state index in [1.54, 1.807) is 31.2 Å². The number of aryl methyl sites for hydroxylation is 1. The van der Waals surface area contributed by atoms with Crippen molar-refractivity contribution in [2.75, 3.05) is 11.9 Å². The van der Waals surface area contributed by atoms with Crippen molar-refractivity contribution in [3.05, 3.63) is 47.4 Å². The van der Waals surface area contributed by atoms with Crippen LogP contribution in [0.2, 0.25) is 0 Å². The summed E-state index contributed by atoms with van der Waals surface area (Å²) in [6.07, 6.45) is 2.30. The lowest BCUT2D eigenvalue weighted by Gasteiger charge is -2.11. The summed E-state index contributed by atoms with van der Waals surface area (Å²) in [4.78, 5) is 31.5. The van der Waals surface area contributed by atoms with E-state index in [4.69, 9.17) is 10.5 Å². The van der Waals surface area contributed by atoms with Crippen molar-refractivity contribution in [1.29, 1.82) is 0 Å². The van der Waals surface area contributed by atoms with Crippen molar-refractivity contribution < 1.29 is 14.3 Å². The largest absolute Gasteiger partial charge is 0.462 e. The highest BCUT2D eigenvalue weighted by Crippen LogP contribution is 2.20. The van der Waals surface area contributed by atoms with Gasteiger partial charge in [-0.3, -0.25) is 4.79 Å². The van der Waals surface area contributed by atoms with E-state index < -0.39 is 5.97 Å². The van der Waals surface area contributed by atoms with E-state index in [0.29, 0.717) is 18.1 Å². The molecule has 1 amide bonds. The molecular weight excluding hydrogens is 308 g/mol. The number of hydrogen-bond acceptors (Lipinski definition) is 6. The molecule has 0 fully saturated rings. The van der Waals surface area contributed by atoms with Crippen LogP contribution in [0.15, 0.2) is 30.5 Å². The number of ether oxygens (including phenoxy) is 1. The van der Waals surface area contributed by atoms with Crippen LogP contribution in [0.3, 0.4) is 0 Å². The quantitative estimate of drug-likeness (QED) is 0.753. The van der Waals surface area contributed by atoms with Crippen molar-refractivity contribution in [3.63, 3.8) is 0 Å². The molecule has 7 heteroatoms. The Bertz CT molecular complexity index is 729. The number of esters is 1. The van der Waals surface area contributed by atoms with Gasteiger partial charge in [-0.1, -0.05) is 19.1 Å². The number of aromatic nitrogens is 2. The van der Waals surface area contributed by atoms with E-state index in [1.165, 1.54) is 6.20 Å². The van der Waals surface area contributed by atoms with Crippen LogP contribution in [0.4, 0.5) is 11.5 Å². The Hall–Kier alpha value is -2.96. The molecule has 0 aliphatic rings. The Balaban J connectivity index is 2.26. The summed E-state index contributed by atoms with van der Waals surface area (Å²) in [6, 6.07) is 7.17. The Morgan fingerprint density at radius 3 is 2.50 bits per heavy atom. The summed E-state index contributed by atoms with van der Waals surface area (Å²) >= 11 is 0. The first-order valence-corrected chi connectivity index (χ1v) is 7.70. The predicted octanol–water partition coefficient (Wildman–Crippen LogP) is 1.99. The fourth-order valence-electron chi connectivity index (χ4n) is 2.09. The van der Waals surface area contributed by atoms with Gasteiger partial charge in [0.2, 0.25) is 5.91 Å². The molecule has 24 heavy (non-hydrogen) atoms. The highest BCUT2D eigenvalue weighted by atomic mass is 16.5. The molecule has 0 aliphatic carbocycles. The van der Waals surface area contributed by atoms with Gasteiger partial charge in [0.1, 0.15) is 17.2 Å². The molecule has 2 aromatic rings. The average molecular weight is 328 g/mol. The minimum atomic E-state index is -0.479. The molecule has 0 bridgehead atoms. The third-order valence-corrected chi connectivity index (χ3v) is 3.25. The Labute approximate surface area is 140 Å². The van der Waals surface area contributed by atoms with Crippen LogP contribution in [-0.4, -0.2) is 28.5 Å². The molecule has 0 saturated heterocycles. The van der Waals surface area contributed by atoms with E-state index in [1.807, 2.05) is 6.92 Å².